The van der Waals surface area contributed by atoms with Crippen LogP contribution in [-0.2, 0) is 4.74 Å². The Balaban J connectivity index is 2.08. The van der Waals surface area contributed by atoms with Crippen LogP contribution in [0.3, 0.4) is 0 Å². The van der Waals surface area contributed by atoms with Crippen LogP contribution in [0.15, 0.2) is 15.2 Å². The third-order valence-electron chi connectivity index (χ3n) is 2.31. The van der Waals surface area contributed by atoms with Gasteiger partial charge in [0.05, 0.1) is 28.6 Å². The summed E-state index contributed by atoms with van der Waals surface area (Å²) in [7, 11) is 0. The summed E-state index contributed by atoms with van der Waals surface area (Å²) in [4.78, 5) is 13.7. The van der Waals surface area contributed by atoms with E-state index in [-0.39, 0.29) is 5.91 Å². The van der Waals surface area contributed by atoms with Crippen molar-refractivity contribution >= 4 is 33.2 Å². The zero-order valence-corrected chi connectivity index (χ0v) is 10.8. The molecule has 1 fully saturated rings. The molecule has 0 aliphatic carbocycles. The Labute approximate surface area is 106 Å². The van der Waals surface area contributed by atoms with E-state index in [1.165, 1.54) is 11.3 Å². The summed E-state index contributed by atoms with van der Waals surface area (Å²) in [6.07, 6.45) is -0.500. The molecule has 84 valence electrons. The molecule has 1 atom stereocenters. The second kappa shape index (κ2) is 4.95. The van der Waals surface area contributed by atoms with E-state index < -0.39 is 6.10 Å². The van der Waals surface area contributed by atoms with Crippen molar-refractivity contribution in [3.8, 4) is 6.07 Å². The molecule has 0 saturated carbocycles. The summed E-state index contributed by atoms with van der Waals surface area (Å²) < 4.78 is 6.12. The Morgan fingerprint density at radius 3 is 3.19 bits per heavy atom. The van der Waals surface area contributed by atoms with Gasteiger partial charge in [0, 0.05) is 11.9 Å². The van der Waals surface area contributed by atoms with Gasteiger partial charge in [-0.2, -0.15) is 5.26 Å². The van der Waals surface area contributed by atoms with E-state index in [0.29, 0.717) is 25.3 Å². The van der Waals surface area contributed by atoms with Crippen molar-refractivity contribution in [3.05, 3.63) is 20.8 Å². The Hall–Kier alpha value is -0.900. The molecule has 1 aromatic heterocycles. The highest BCUT2D eigenvalue weighted by Crippen LogP contribution is 2.22. The van der Waals surface area contributed by atoms with Crippen molar-refractivity contribution in [1.82, 2.24) is 4.90 Å². The lowest BCUT2D eigenvalue weighted by molar-refractivity contribution is 0.00349. The van der Waals surface area contributed by atoms with Gasteiger partial charge in [0.25, 0.3) is 5.91 Å². The number of rotatable bonds is 1. The second-order valence-corrected chi connectivity index (χ2v) is 5.67. The average molecular weight is 301 g/mol. The summed E-state index contributed by atoms with van der Waals surface area (Å²) in [5.74, 6) is -0.0366. The maximum absolute atomic E-state index is 12.0. The Bertz CT molecular complexity index is 440. The van der Waals surface area contributed by atoms with Gasteiger partial charge in [-0.3, -0.25) is 4.79 Å². The van der Waals surface area contributed by atoms with Gasteiger partial charge in [0.2, 0.25) is 0 Å². The smallest absolute Gasteiger partial charge is 0.254 e. The molecule has 6 heteroatoms. The van der Waals surface area contributed by atoms with Crippen LogP contribution in [0.5, 0.6) is 0 Å². The number of morpholine rings is 1. The van der Waals surface area contributed by atoms with Crippen LogP contribution in [-0.4, -0.2) is 36.6 Å². The van der Waals surface area contributed by atoms with Crippen LogP contribution in [0.2, 0.25) is 0 Å². The Morgan fingerprint density at radius 1 is 1.75 bits per heavy atom. The van der Waals surface area contributed by atoms with E-state index in [4.69, 9.17) is 10.00 Å². The van der Waals surface area contributed by atoms with Gasteiger partial charge in [0.1, 0.15) is 0 Å². The fourth-order valence-corrected chi connectivity index (χ4v) is 2.65. The fraction of sp³-hybridized carbons (Fsp3) is 0.400. The van der Waals surface area contributed by atoms with Crippen molar-refractivity contribution in [1.29, 1.82) is 5.26 Å². The lowest BCUT2D eigenvalue weighted by Gasteiger charge is -2.29. The topological polar surface area (TPSA) is 53.3 Å². The number of carbonyl (C=O) groups excluding carboxylic acids is 1. The maximum atomic E-state index is 12.0. The second-order valence-electron chi connectivity index (χ2n) is 3.38. The number of amides is 1. The molecule has 1 unspecified atom stereocenters. The number of nitrogens with zero attached hydrogens (tertiary/aromatic N) is 2. The lowest BCUT2D eigenvalue weighted by Crippen LogP contribution is -2.45. The maximum Gasteiger partial charge on any atom is 0.254 e. The summed E-state index contributed by atoms with van der Waals surface area (Å²) >= 11 is 4.80. The van der Waals surface area contributed by atoms with E-state index in [1.807, 2.05) is 11.4 Å². The first-order valence-corrected chi connectivity index (χ1v) is 6.42. The highest BCUT2D eigenvalue weighted by atomic mass is 79.9. The predicted octanol–water partition coefficient (Wildman–Crippen LogP) is 1.88. The van der Waals surface area contributed by atoms with Gasteiger partial charge < -0.3 is 9.64 Å². The number of halogens is 1. The minimum atomic E-state index is -0.500. The van der Waals surface area contributed by atoms with Gasteiger partial charge in [0.15, 0.2) is 6.10 Å². The molecular weight excluding hydrogens is 292 g/mol. The zero-order valence-electron chi connectivity index (χ0n) is 8.35. The SMILES string of the molecule is N#CC1CN(C(=O)c2csc(Br)c2)CCO1. The van der Waals surface area contributed by atoms with E-state index in [2.05, 4.69) is 15.9 Å². The molecule has 0 N–H and O–H groups in total. The number of nitriles is 1. The van der Waals surface area contributed by atoms with Crippen LogP contribution in [0, 0.1) is 11.3 Å². The van der Waals surface area contributed by atoms with Crippen LogP contribution in [0.4, 0.5) is 0 Å². The quantitative estimate of drug-likeness (QED) is 0.796. The van der Waals surface area contributed by atoms with Gasteiger partial charge in [-0.1, -0.05) is 0 Å². The molecule has 1 amide bonds. The molecular formula is C10H9BrN2O2S. The van der Waals surface area contributed by atoms with Gasteiger partial charge in [-0.05, 0) is 22.0 Å². The summed E-state index contributed by atoms with van der Waals surface area (Å²) in [6, 6.07) is 3.82. The highest BCUT2D eigenvalue weighted by molar-refractivity contribution is 9.11. The fourth-order valence-electron chi connectivity index (χ4n) is 1.52. The Kier molecular flexibility index (Phi) is 3.59. The Morgan fingerprint density at radius 2 is 2.56 bits per heavy atom. The van der Waals surface area contributed by atoms with Crippen LogP contribution in [0.25, 0.3) is 0 Å². The minimum Gasteiger partial charge on any atom is -0.360 e. The molecule has 16 heavy (non-hydrogen) atoms. The molecule has 0 bridgehead atoms. The first kappa shape index (κ1) is 11.6. The van der Waals surface area contributed by atoms with E-state index in [1.54, 1.807) is 11.0 Å². The third-order valence-corrected chi connectivity index (χ3v) is 3.82. The average Bonchev–Trinajstić information content (AvgIpc) is 2.75. The van der Waals surface area contributed by atoms with E-state index >= 15 is 0 Å². The number of ether oxygens (including phenoxy) is 1. The van der Waals surface area contributed by atoms with Crippen molar-refractivity contribution in [2.24, 2.45) is 0 Å². The monoisotopic (exact) mass is 300 g/mol. The van der Waals surface area contributed by atoms with Gasteiger partial charge >= 0.3 is 0 Å². The van der Waals surface area contributed by atoms with Crippen LogP contribution in [0.1, 0.15) is 10.4 Å². The summed E-state index contributed by atoms with van der Waals surface area (Å²) in [5.41, 5.74) is 0.662. The molecule has 0 aromatic carbocycles. The molecule has 1 aliphatic heterocycles. The highest BCUT2D eigenvalue weighted by Gasteiger charge is 2.25. The summed E-state index contributed by atoms with van der Waals surface area (Å²) in [5, 5.41) is 10.6. The minimum absolute atomic E-state index is 0.0366. The molecule has 2 rings (SSSR count). The number of hydrogen-bond acceptors (Lipinski definition) is 4. The van der Waals surface area contributed by atoms with Gasteiger partial charge in [-0.25, -0.2) is 0 Å². The summed E-state index contributed by atoms with van der Waals surface area (Å²) in [6.45, 7) is 1.32. The molecule has 1 saturated heterocycles. The zero-order chi connectivity index (χ0) is 11.5. The first-order chi connectivity index (χ1) is 7.70. The van der Waals surface area contributed by atoms with Crippen LogP contribution < -0.4 is 0 Å². The largest absolute Gasteiger partial charge is 0.360 e. The molecule has 0 spiro atoms. The van der Waals surface area contributed by atoms with Crippen molar-refractivity contribution in [2.45, 2.75) is 6.10 Å². The predicted molar refractivity (Wildman–Crippen MR) is 63.3 cm³/mol. The molecule has 1 aromatic rings. The lowest BCUT2D eigenvalue weighted by atomic mass is 10.2. The normalized spacial score (nSPS) is 20.5. The molecule has 0 radical (unpaired) electrons. The van der Waals surface area contributed by atoms with Crippen molar-refractivity contribution in [3.63, 3.8) is 0 Å². The van der Waals surface area contributed by atoms with E-state index in [9.17, 15) is 4.79 Å². The first-order valence-electron chi connectivity index (χ1n) is 4.75. The number of carbonyl (C=O) groups is 1. The van der Waals surface area contributed by atoms with Crippen LogP contribution >= 0.6 is 27.3 Å². The van der Waals surface area contributed by atoms with Gasteiger partial charge in [-0.15, -0.1) is 11.3 Å². The molecule has 1 aliphatic rings. The standard InChI is InChI=1S/C10H9BrN2O2S/c11-9-3-7(6-16-9)10(14)13-1-2-15-8(4-12)5-13/h3,6,8H,1-2,5H2. The third kappa shape index (κ3) is 2.43. The number of thiophene rings is 1. The molecule has 4 nitrogen and oxygen atoms in total. The molecule has 2 heterocycles. The number of hydrogen-bond donors (Lipinski definition) is 0. The van der Waals surface area contributed by atoms with Crippen molar-refractivity contribution in [2.75, 3.05) is 19.7 Å². The van der Waals surface area contributed by atoms with E-state index in [0.717, 1.165) is 3.79 Å². The van der Waals surface area contributed by atoms with Crippen molar-refractivity contribution < 1.29 is 9.53 Å².